The van der Waals surface area contributed by atoms with E-state index < -0.39 is 0 Å². The van der Waals surface area contributed by atoms with E-state index in [4.69, 9.17) is 0 Å². The Hall–Kier alpha value is -1.76. The first-order valence-electron chi connectivity index (χ1n) is 8.96. The van der Waals surface area contributed by atoms with Crippen molar-refractivity contribution in [2.45, 2.75) is 56.9 Å². The van der Waals surface area contributed by atoms with E-state index in [0.717, 1.165) is 55.6 Å². The molecule has 2 aromatic rings. The molecule has 0 N–H and O–H groups in total. The normalized spacial score (nSPS) is 21.2. The van der Waals surface area contributed by atoms with Gasteiger partial charge in [0, 0.05) is 43.3 Å². The first-order valence-corrected chi connectivity index (χ1v) is 9.84. The Morgan fingerprint density at radius 3 is 2.71 bits per heavy atom. The Morgan fingerprint density at radius 2 is 1.92 bits per heavy atom. The molecule has 0 radical (unpaired) electrons. The second-order valence-corrected chi connectivity index (χ2v) is 8.03. The maximum Gasteiger partial charge on any atom is 0.273 e. The Balaban J connectivity index is 1.25. The van der Waals surface area contributed by atoms with Crippen LogP contribution in [0, 0.1) is 0 Å². The molecule has 2 aliphatic heterocycles. The van der Waals surface area contributed by atoms with Gasteiger partial charge in [0.05, 0.1) is 5.01 Å². The minimum absolute atomic E-state index is 0.100. The molecule has 7 heteroatoms. The van der Waals surface area contributed by atoms with E-state index in [2.05, 4.69) is 19.7 Å². The lowest BCUT2D eigenvalue weighted by Crippen LogP contribution is -2.38. The maximum absolute atomic E-state index is 12.7. The van der Waals surface area contributed by atoms with Gasteiger partial charge in [0.2, 0.25) is 0 Å². The van der Waals surface area contributed by atoms with Crippen LogP contribution < -0.4 is 0 Å². The van der Waals surface area contributed by atoms with Gasteiger partial charge in [-0.2, -0.15) is 0 Å². The summed E-state index contributed by atoms with van der Waals surface area (Å²) >= 11 is 1.64. The topological polar surface area (TPSA) is 63.9 Å². The van der Waals surface area contributed by atoms with Crippen LogP contribution in [0.5, 0.6) is 0 Å². The summed E-state index contributed by atoms with van der Waals surface area (Å²) in [4.78, 5) is 19.2. The standard InChI is InChI=1S/C17H21N5OS/c23-17(13-10-24-16(18-13)12-3-4-12)21-8-5-11(6-9-21)15-20-19-14-2-1-7-22(14)15/h10-12H,1-9H2. The monoisotopic (exact) mass is 343 g/mol. The molecule has 1 saturated carbocycles. The van der Waals surface area contributed by atoms with E-state index in [0.29, 0.717) is 17.5 Å². The van der Waals surface area contributed by atoms with Gasteiger partial charge in [0.1, 0.15) is 17.3 Å². The summed E-state index contributed by atoms with van der Waals surface area (Å²) < 4.78 is 2.30. The average molecular weight is 343 g/mol. The van der Waals surface area contributed by atoms with Gasteiger partial charge in [-0.1, -0.05) is 0 Å². The first kappa shape index (κ1) is 14.6. The molecular formula is C17H21N5OS. The smallest absolute Gasteiger partial charge is 0.273 e. The van der Waals surface area contributed by atoms with Crippen molar-refractivity contribution in [1.82, 2.24) is 24.6 Å². The number of rotatable bonds is 3. The molecule has 4 heterocycles. The number of hydrogen-bond donors (Lipinski definition) is 0. The highest BCUT2D eigenvalue weighted by Crippen LogP contribution is 2.41. The van der Waals surface area contributed by atoms with E-state index in [1.807, 2.05) is 10.3 Å². The largest absolute Gasteiger partial charge is 0.337 e. The molecule has 24 heavy (non-hydrogen) atoms. The molecule has 0 atom stereocenters. The first-order chi connectivity index (χ1) is 11.8. The molecule has 3 aliphatic rings. The van der Waals surface area contributed by atoms with Gasteiger partial charge >= 0.3 is 0 Å². The van der Waals surface area contributed by atoms with Gasteiger partial charge in [0.25, 0.3) is 5.91 Å². The highest BCUT2D eigenvalue weighted by molar-refractivity contribution is 7.10. The predicted octanol–water partition coefficient (Wildman–Crippen LogP) is 2.58. The third-order valence-corrected chi connectivity index (χ3v) is 6.46. The van der Waals surface area contributed by atoms with Crippen LogP contribution in [0.4, 0.5) is 0 Å². The van der Waals surface area contributed by atoms with Crippen LogP contribution in [0.15, 0.2) is 5.38 Å². The van der Waals surface area contributed by atoms with Gasteiger partial charge in [-0.3, -0.25) is 4.79 Å². The third-order valence-electron chi connectivity index (χ3n) is 5.45. The molecule has 6 nitrogen and oxygen atoms in total. The number of aryl methyl sites for hydroxylation is 1. The van der Waals surface area contributed by atoms with Crippen LogP contribution in [0.25, 0.3) is 0 Å². The number of amides is 1. The average Bonchev–Trinajstić information content (AvgIpc) is 3.02. The minimum atomic E-state index is 0.100. The SMILES string of the molecule is O=C(c1csc(C2CC2)n1)N1CCC(c2nnc3n2CCC3)CC1. The van der Waals surface area contributed by atoms with Crippen LogP contribution in [-0.4, -0.2) is 43.6 Å². The number of aromatic nitrogens is 4. The summed E-state index contributed by atoms with van der Waals surface area (Å²) in [6, 6.07) is 0. The number of hydrogen-bond acceptors (Lipinski definition) is 5. The Kier molecular flexibility index (Phi) is 3.43. The van der Waals surface area contributed by atoms with Crippen LogP contribution in [0.2, 0.25) is 0 Å². The fourth-order valence-electron chi connectivity index (χ4n) is 3.88. The van der Waals surface area contributed by atoms with Crippen molar-refractivity contribution in [3.8, 4) is 0 Å². The summed E-state index contributed by atoms with van der Waals surface area (Å²) in [5.41, 5.74) is 0.642. The van der Waals surface area contributed by atoms with Crippen molar-refractivity contribution in [3.05, 3.63) is 27.7 Å². The van der Waals surface area contributed by atoms with Gasteiger partial charge < -0.3 is 9.47 Å². The third kappa shape index (κ3) is 2.46. The zero-order valence-electron chi connectivity index (χ0n) is 13.6. The molecule has 0 aromatic carbocycles. The van der Waals surface area contributed by atoms with E-state index in [1.54, 1.807) is 11.3 Å². The van der Waals surface area contributed by atoms with E-state index >= 15 is 0 Å². The van der Waals surface area contributed by atoms with E-state index in [9.17, 15) is 4.79 Å². The number of fused-ring (bicyclic) bond motifs is 1. The number of carbonyl (C=O) groups excluding carboxylic acids is 1. The second-order valence-electron chi connectivity index (χ2n) is 7.14. The van der Waals surface area contributed by atoms with E-state index in [1.165, 1.54) is 19.3 Å². The summed E-state index contributed by atoms with van der Waals surface area (Å²) in [5, 5.41) is 11.8. The van der Waals surface area contributed by atoms with Gasteiger partial charge in [-0.25, -0.2) is 4.98 Å². The lowest BCUT2D eigenvalue weighted by Gasteiger charge is -2.31. The fourth-order valence-corrected chi connectivity index (χ4v) is 4.85. The maximum atomic E-state index is 12.7. The minimum Gasteiger partial charge on any atom is -0.337 e. The molecule has 2 aromatic heterocycles. The predicted molar refractivity (Wildman–Crippen MR) is 90.3 cm³/mol. The number of carbonyl (C=O) groups is 1. The van der Waals surface area contributed by atoms with Crippen molar-refractivity contribution in [2.75, 3.05) is 13.1 Å². The molecule has 5 rings (SSSR count). The molecule has 126 valence electrons. The summed E-state index contributed by atoms with van der Waals surface area (Å²) in [5.74, 6) is 3.43. The van der Waals surface area contributed by atoms with Crippen LogP contribution >= 0.6 is 11.3 Å². The molecule has 0 spiro atoms. The molecular weight excluding hydrogens is 322 g/mol. The highest BCUT2D eigenvalue weighted by Gasteiger charge is 2.32. The van der Waals surface area contributed by atoms with Crippen molar-refractivity contribution in [2.24, 2.45) is 0 Å². The molecule has 2 fully saturated rings. The van der Waals surface area contributed by atoms with Crippen LogP contribution in [0.3, 0.4) is 0 Å². The van der Waals surface area contributed by atoms with Gasteiger partial charge in [-0.05, 0) is 32.1 Å². The van der Waals surface area contributed by atoms with Gasteiger partial charge in [0.15, 0.2) is 0 Å². The van der Waals surface area contributed by atoms with Crippen molar-refractivity contribution in [3.63, 3.8) is 0 Å². The number of thiazole rings is 1. The van der Waals surface area contributed by atoms with Crippen molar-refractivity contribution < 1.29 is 4.79 Å². The highest BCUT2D eigenvalue weighted by atomic mass is 32.1. The van der Waals surface area contributed by atoms with Crippen molar-refractivity contribution in [1.29, 1.82) is 0 Å². The fraction of sp³-hybridized carbons (Fsp3) is 0.647. The Bertz CT molecular complexity index is 770. The zero-order chi connectivity index (χ0) is 16.1. The van der Waals surface area contributed by atoms with Crippen LogP contribution in [-0.2, 0) is 13.0 Å². The van der Waals surface area contributed by atoms with Gasteiger partial charge in [-0.15, -0.1) is 21.5 Å². The molecule has 1 aliphatic carbocycles. The number of piperidine rings is 1. The number of likely N-dealkylation sites (tertiary alicyclic amines) is 1. The van der Waals surface area contributed by atoms with E-state index in [-0.39, 0.29) is 5.91 Å². The molecule has 0 bridgehead atoms. The second kappa shape index (κ2) is 5.65. The molecule has 1 saturated heterocycles. The lowest BCUT2D eigenvalue weighted by molar-refractivity contribution is 0.0705. The van der Waals surface area contributed by atoms with Crippen molar-refractivity contribution >= 4 is 17.2 Å². The summed E-state index contributed by atoms with van der Waals surface area (Å²) in [6.07, 6.45) is 6.65. The summed E-state index contributed by atoms with van der Waals surface area (Å²) in [6.45, 7) is 2.64. The Labute approximate surface area is 144 Å². The molecule has 0 unspecified atom stereocenters. The zero-order valence-corrected chi connectivity index (χ0v) is 14.5. The number of nitrogens with zero attached hydrogens (tertiary/aromatic N) is 5. The quantitative estimate of drug-likeness (QED) is 0.859. The van der Waals surface area contributed by atoms with Crippen LogP contribution in [0.1, 0.15) is 71.1 Å². The molecule has 1 amide bonds. The Morgan fingerprint density at radius 1 is 1.08 bits per heavy atom. The summed E-state index contributed by atoms with van der Waals surface area (Å²) in [7, 11) is 0. The lowest BCUT2D eigenvalue weighted by atomic mass is 9.95.